The Morgan fingerprint density at radius 3 is 2.18 bits per heavy atom. The molecule has 0 heterocycles. The average molecular weight is 226 g/mol. The van der Waals surface area contributed by atoms with Crippen molar-refractivity contribution >= 4 is 17.1 Å². The summed E-state index contributed by atoms with van der Waals surface area (Å²) in [6.45, 7) is 2.10. The number of aryl methyl sites for hydroxylation is 1. The minimum Gasteiger partial charge on any atom is -0.378 e. The number of nitrogens with zero attached hydrogens (tertiary/aromatic N) is 1. The van der Waals surface area contributed by atoms with Crippen LogP contribution >= 0.6 is 0 Å². The van der Waals surface area contributed by atoms with E-state index in [1.165, 1.54) is 11.3 Å². The van der Waals surface area contributed by atoms with Crippen molar-refractivity contribution in [2.45, 2.75) is 6.92 Å². The van der Waals surface area contributed by atoms with Gasteiger partial charge in [-0.1, -0.05) is 18.2 Å². The third-order valence-corrected chi connectivity index (χ3v) is 2.67. The molecule has 0 unspecified atom stereocenters. The van der Waals surface area contributed by atoms with Crippen molar-refractivity contribution in [3.8, 4) is 0 Å². The van der Waals surface area contributed by atoms with Gasteiger partial charge in [0.15, 0.2) is 0 Å². The predicted molar refractivity (Wildman–Crippen MR) is 75.2 cm³/mol. The maximum atomic E-state index is 3.41. The van der Waals surface area contributed by atoms with E-state index in [0.29, 0.717) is 0 Å². The SMILES string of the molecule is Cc1cccc(Nc2cccc(N(C)C)c2)c1. The van der Waals surface area contributed by atoms with Crippen molar-refractivity contribution in [1.82, 2.24) is 0 Å². The number of anilines is 3. The molecule has 0 fully saturated rings. The lowest BCUT2D eigenvalue weighted by atomic mass is 10.2. The van der Waals surface area contributed by atoms with Gasteiger partial charge in [0.05, 0.1) is 0 Å². The minimum absolute atomic E-state index is 1.11. The lowest BCUT2D eigenvalue weighted by molar-refractivity contribution is 1.13. The predicted octanol–water partition coefficient (Wildman–Crippen LogP) is 3.80. The highest BCUT2D eigenvalue weighted by Crippen LogP contribution is 2.21. The summed E-state index contributed by atoms with van der Waals surface area (Å²) in [5, 5.41) is 3.41. The van der Waals surface area contributed by atoms with Crippen LogP contribution in [-0.4, -0.2) is 14.1 Å². The molecule has 2 aromatic rings. The van der Waals surface area contributed by atoms with Gasteiger partial charge in [-0.3, -0.25) is 0 Å². The molecule has 0 atom stereocenters. The van der Waals surface area contributed by atoms with Crippen LogP contribution in [0, 0.1) is 6.92 Å². The van der Waals surface area contributed by atoms with Gasteiger partial charge in [0.25, 0.3) is 0 Å². The Morgan fingerprint density at radius 2 is 1.53 bits per heavy atom. The molecule has 2 rings (SSSR count). The van der Waals surface area contributed by atoms with Gasteiger partial charge in [0.1, 0.15) is 0 Å². The first kappa shape index (κ1) is 11.5. The third-order valence-electron chi connectivity index (χ3n) is 2.67. The molecule has 0 saturated carbocycles. The van der Waals surface area contributed by atoms with Crippen LogP contribution in [0.15, 0.2) is 48.5 Å². The van der Waals surface area contributed by atoms with E-state index < -0.39 is 0 Å². The van der Waals surface area contributed by atoms with Crippen LogP contribution in [-0.2, 0) is 0 Å². The van der Waals surface area contributed by atoms with E-state index >= 15 is 0 Å². The summed E-state index contributed by atoms with van der Waals surface area (Å²) in [4.78, 5) is 2.10. The molecule has 17 heavy (non-hydrogen) atoms. The first-order valence-electron chi connectivity index (χ1n) is 5.76. The van der Waals surface area contributed by atoms with Gasteiger partial charge in [-0.2, -0.15) is 0 Å². The molecule has 0 spiro atoms. The zero-order chi connectivity index (χ0) is 12.3. The molecule has 0 radical (unpaired) electrons. The van der Waals surface area contributed by atoms with Gasteiger partial charge in [-0.25, -0.2) is 0 Å². The molecule has 0 aliphatic heterocycles. The molecule has 0 bridgehead atoms. The van der Waals surface area contributed by atoms with Crippen LogP contribution in [0.1, 0.15) is 5.56 Å². The second kappa shape index (κ2) is 4.91. The molecule has 0 amide bonds. The van der Waals surface area contributed by atoms with Gasteiger partial charge >= 0.3 is 0 Å². The highest BCUT2D eigenvalue weighted by Gasteiger charge is 1.98. The quantitative estimate of drug-likeness (QED) is 0.856. The highest BCUT2D eigenvalue weighted by molar-refractivity contribution is 5.65. The second-order valence-electron chi connectivity index (χ2n) is 4.44. The molecule has 0 aliphatic carbocycles. The molecule has 0 aliphatic rings. The fourth-order valence-corrected chi connectivity index (χ4v) is 1.75. The summed E-state index contributed by atoms with van der Waals surface area (Å²) in [6.07, 6.45) is 0. The topological polar surface area (TPSA) is 15.3 Å². The molecule has 2 nitrogen and oxygen atoms in total. The van der Waals surface area contributed by atoms with Crippen LogP contribution in [0.25, 0.3) is 0 Å². The smallest absolute Gasteiger partial charge is 0.0405 e. The van der Waals surface area contributed by atoms with Gasteiger partial charge in [0, 0.05) is 31.2 Å². The first-order chi connectivity index (χ1) is 8.15. The van der Waals surface area contributed by atoms with Crippen molar-refractivity contribution in [3.63, 3.8) is 0 Å². The van der Waals surface area contributed by atoms with Gasteiger partial charge in [0.2, 0.25) is 0 Å². The highest BCUT2D eigenvalue weighted by atomic mass is 15.1. The lowest BCUT2D eigenvalue weighted by Gasteiger charge is -2.14. The van der Waals surface area contributed by atoms with Crippen LogP contribution < -0.4 is 10.2 Å². The first-order valence-corrected chi connectivity index (χ1v) is 5.76. The number of benzene rings is 2. The monoisotopic (exact) mass is 226 g/mol. The van der Waals surface area contributed by atoms with E-state index in [4.69, 9.17) is 0 Å². The summed E-state index contributed by atoms with van der Waals surface area (Å²) in [5.74, 6) is 0. The Labute approximate surface area is 103 Å². The van der Waals surface area contributed by atoms with Gasteiger partial charge in [-0.05, 0) is 42.8 Å². The third kappa shape index (κ3) is 3.00. The molecule has 1 N–H and O–H groups in total. The fourth-order valence-electron chi connectivity index (χ4n) is 1.75. The lowest BCUT2D eigenvalue weighted by Crippen LogP contribution is -2.08. The zero-order valence-electron chi connectivity index (χ0n) is 10.6. The van der Waals surface area contributed by atoms with Crippen LogP contribution in [0.4, 0.5) is 17.1 Å². The largest absolute Gasteiger partial charge is 0.378 e. The maximum absolute atomic E-state index is 3.41. The summed E-state index contributed by atoms with van der Waals surface area (Å²) < 4.78 is 0. The number of nitrogens with one attached hydrogen (secondary N) is 1. The minimum atomic E-state index is 1.11. The molecule has 88 valence electrons. The van der Waals surface area contributed by atoms with Crippen LogP contribution in [0.2, 0.25) is 0 Å². The van der Waals surface area contributed by atoms with E-state index in [1.807, 2.05) is 14.1 Å². The molecule has 2 heteroatoms. The van der Waals surface area contributed by atoms with Crippen LogP contribution in [0.5, 0.6) is 0 Å². The average Bonchev–Trinajstić information content (AvgIpc) is 2.29. The van der Waals surface area contributed by atoms with E-state index in [9.17, 15) is 0 Å². The zero-order valence-corrected chi connectivity index (χ0v) is 10.6. The van der Waals surface area contributed by atoms with E-state index in [0.717, 1.165) is 11.4 Å². The van der Waals surface area contributed by atoms with E-state index in [-0.39, 0.29) is 0 Å². The maximum Gasteiger partial charge on any atom is 0.0405 e. The number of hydrogen-bond acceptors (Lipinski definition) is 2. The molecule has 2 aromatic carbocycles. The van der Waals surface area contributed by atoms with Crippen molar-refractivity contribution in [2.24, 2.45) is 0 Å². The standard InChI is InChI=1S/C15H18N2/c1-12-6-4-7-13(10-12)16-14-8-5-9-15(11-14)17(2)3/h4-11,16H,1-3H3. The van der Waals surface area contributed by atoms with Crippen molar-refractivity contribution in [1.29, 1.82) is 0 Å². The van der Waals surface area contributed by atoms with E-state index in [1.54, 1.807) is 0 Å². The summed E-state index contributed by atoms with van der Waals surface area (Å²) in [6, 6.07) is 16.8. The van der Waals surface area contributed by atoms with E-state index in [2.05, 4.69) is 65.7 Å². The Hall–Kier alpha value is -1.96. The fraction of sp³-hybridized carbons (Fsp3) is 0.200. The Balaban J connectivity index is 2.21. The molecular formula is C15H18N2. The summed E-state index contributed by atoms with van der Waals surface area (Å²) in [5.41, 5.74) is 4.70. The van der Waals surface area contributed by atoms with Gasteiger partial charge in [-0.15, -0.1) is 0 Å². The van der Waals surface area contributed by atoms with Crippen molar-refractivity contribution in [2.75, 3.05) is 24.3 Å². The number of hydrogen-bond donors (Lipinski definition) is 1. The normalized spacial score (nSPS) is 10.1. The van der Waals surface area contributed by atoms with Crippen molar-refractivity contribution < 1.29 is 0 Å². The molecule has 0 aromatic heterocycles. The van der Waals surface area contributed by atoms with Crippen molar-refractivity contribution in [3.05, 3.63) is 54.1 Å². The Kier molecular flexibility index (Phi) is 3.33. The second-order valence-corrected chi connectivity index (χ2v) is 4.44. The summed E-state index contributed by atoms with van der Waals surface area (Å²) >= 11 is 0. The Bertz CT molecular complexity index is 504. The molecular weight excluding hydrogens is 208 g/mol. The number of rotatable bonds is 3. The van der Waals surface area contributed by atoms with Crippen LogP contribution in [0.3, 0.4) is 0 Å². The van der Waals surface area contributed by atoms with Gasteiger partial charge < -0.3 is 10.2 Å². The Morgan fingerprint density at radius 1 is 0.882 bits per heavy atom. The molecule has 0 saturated heterocycles. The summed E-state index contributed by atoms with van der Waals surface area (Å²) in [7, 11) is 4.09.